The highest BCUT2D eigenvalue weighted by Crippen LogP contribution is 2.38. The largest absolute Gasteiger partial charge is 0.325 e. The second-order valence-electron chi connectivity index (χ2n) is 6.67. The Hall–Kier alpha value is -0.860. The molecule has 19 heavy (non-hydrogen) atoms. The van der Waals surface area contributed by atoms with E-state index in [0.29, 0.717) is 0 Å². The summed E-state index contributed by atoms with van der Waals surface area (Å²) in [6, 6.07) is 9.02. The molecular formula is C17H26N2. The van der Waals surface area contributed by atoms with Gasteiger partial charge in [-0.15, -0.1) is 0 Å². The van der Waals surface area contributed by atoms with E-state index in [0.717, 1.165) is 12.3 Å². The molecule has 1 saturated carbocycles. The molecule has 0 radical (unpaired) electrons. The lowest BCUT2D eigenvalue weighted by Crippen LogP contribution is -2.25. The standard InChI is InChI=1S/C17H26N2/c1-19-11-4-6-14(8-12-19)16-7-3-2-5-15(16)13-17(18)9-10-17/h2-3,5,7,14H,4,6,8-13,18H2,1H3. The molecule has 2 nitrogen and oxygen atoms in total. The molecule has 1 heterocycles. The predicted molar refractivity (Wildman–Crippen MR) is 80.4 cm³/mol. The smallest absolute Gasteiger partial charge is 0.0196 e. The summed E-state index contributed by atoms with van der Waals surface area (Å²) in [4.78, 5) is 2.47. The van der Waals surface area contributed by atoms with E-state index in [4.69, 9.17) is 5.73 Å². The van der Waals surface area contributed by atoms with Gasteiger partial charge in [-0.1, -0.05) is 24.3 Å². The van der Waals surface area contributed by atoms with Crippen molar-refractivity contribution in [3.63, 3.8) is 0 Å². The Morgan fingerprint density at radius 1 is 1.21 bits per heavy atom. The summed E-state index contributed by atoms with van der Waals surface area (Å²) in [5, 5.41) is 0. The van der Waals surface area contributed by atoms with Gasteiger partial charge < -0.3 is 10.6 Å². The summed E-state index contributed by atoms with van der Waals surface area (Å²) in [6.45, 7) is 2.48. The fourth-order valence-electron chi connectivity index (χ4n) is 3.36. The lowest BCUT2D eigenvalue weighted by atomic mass is 9.86. The van der Waals surface area contributed by atoms with Crippen LogP contribution in [-0.4, -0.2) is 30.6 Å². The molecule has 3 rings (SSSR count). The van der Waals surface area contributed by atoms with E-state index in [1.165, 1.54) is 50.8 Å². The van der Waals surface area contributed by atoms with Crippen molar-refractivity contribution in [2.75, 3.05) is 20.1 Å². The SMILES string of the molecule is CN1CCCC(c2ccccc2CC2(N)CC2)CC1. The highest BCUT2D eigenvalue weighted by molar-refractivity contribution is 5.33. The van der Waals surface area contributed by atoms with E-state index in [-0.39, 0.29) is 5.54 Å². The van der Waals surface area contributed by atoms with E-state index >= 15 is 0 Å². The fraction of sp³-hybridized carbons (Fsp3) is 0.647. The summed E-state index contributed by atoms with van der Waals surface area (Å²) in [6.07, 6.45) is 7.44. The van der Waals surface area contributed by atoms with Crippen LogP contribution in [0.5, 0.6) is 0 Å². The first-order chi connectivity index (χ1) is 9.16. The minimum absolute atomic E-state index is 0.123. The van der Waals surface area contributed by atoms with Gasteiger partial charge in [0.25, 0.3) is 0 Å². The van der Waals surface area contributed by atoms with Crippen molar-refractivity contribution < 1.29 is 0 Å². The fourth-order valence-corrected chi connectivity index (χ4v) is 3.36. The first kappa shape index (κ1) is 13.1. The van der Waals surface area contributed by atoms with Crippen LogP contribution in [-0.2, 0) is 6.42 Å². The van der Waals surface area contributed by atoms with Crippen LogP contribution in [0.15, 0.2) is 24.3 Å². The highest BCUT2D eigenvalue weighted by atomic mass is 15.1. The quantitative estimate of drug-likeness (QED) is 0.903. The van der Waals surface area contributed by atoms with E-state index in [2.05, 4.69) is 36.2 Å². The average molecular weight is 258 g/mol. The van der Waals surface area contributed by atoms with Crippen molar-refractivity contribution in [2.45, 2.75) is 50.0 Å². The number of hydrogen-bond acceptors (Lipinski definition) is 2. The van der Waals surface area contributed by atoms with Crippen LogP contribution in [0.3, 0.4) is 0 Å². The van der Waals surface area contributed by atoms with Crippen molar-refractivity contribution >= 4 is 0 Å². The molecule has 1 aromatic carbocycles. The third-order valence-electron chi connectivity index (χ3n) is 4.88. The van der Waals surface area contributed by atoms with Gasteiger partial charge in [-0.3, -0.25) is 0 Å². The van der Waals surface area contributed by atoms with E-state index < -0.39 is 0 Å². The molecule has 0 bridgehead atoms. The van der Waals surface area contributed by atoms with E-state index in [1.54, 1.807) is 5.56 Å². The van der Waals surface area contributed by atoms with Gasteiger partial charge in [-0.2, -0.15) is 0 Å². The number of hydrogen-bond donors (Lipinski definition) is 1. The third kappa shape index (κ3) is 3.18. The number of rotatable bonds is 3. The van der Waals surface area contributed by atoms with Crippen LogP contribution in [0, 0.1) is 0 Å². The maximum Gasteiger partial charge on any atom is 0.0196 e. The minimum atomic E-state index is 0.123. The molecule has 1 aliphatic heterocycles. The normalized spacial score (nSPS) is 26.9. The molecule has 0 spiro atoms. The molecular weight excluding hydrogens is 232 g/mol. The van der Waals surface area contributed by atoms with Crippen LogP contribution in [0.25, 0.3) is 0 Å². The second-order valence-corrected chi connectivity index (χ2v) is 6.67. The van der Waals surface area contributed by atoms with Gasteiger partial charge >= 0.3 is 0 Å². The Bertz CT molecular complexity index is 437. The average Bonchev–Trinajstić information content (AvgIpc) is 3.15. The van der Waals surface area contributed by atoms with Crippen LogP contribution in [0.2, 0.25) is 0 Å². The summed E-state index contributed by atoms with van der Waals surface area (Å²) in [5.41, 5.74) is 9.53. The van der Waals surface area contributed by atoms with Gasteiger partial charge in [0.15, 0.2) is 0 Å². The third-order valence-corrected chi connectivity index (χ3v) is 4.88. The topological polar surface area (TPSA) is 29.3 Å². The zero-order chi connectivity index (χ0) is 13.3. The summed E-state index contributed by atoms with van der Waals surface area (Å²) in [7, 11) is 2.24. The molecule has 1 atom stereocenters. The zero-order valence-corrected chi connectivity index (χ0v) is 12.1. The van der Waals surface area contributed by atoms with E-state index in [9.17, 15) is 0 Å². The van der Waals surface area contributed by atoms with E-state index in [1.807, 2.05) is 0 Å². The molecule has 1 aromatic rings. The molecule has 2 N–H and O–H groups in total. The first-order valence-electron chi connectivity index (χ1n) is 7.72. The van der Waals surface area contributed by atoms with Gasteiger partial charge in [0.1, 0.15) is 0 Å². The van der Waals surface area contributed by atoms with Gasteiger partial charge in [-0.05, 0) is 75.7 Å². The number of likely N-dealkylation sites (tertiary alicyclic amines) is 1. The van der Waals surface area contributed by atoms with Crippen molar-refractivity contribution in [3.8, 4) is 0 Å². The Labute approximate surface area is 117 Å². The lowest BCUT2D eigenvalue weighted by Gasteiger charge is -2.20. The Morgan fingerprint density at radius 2 is 2.00 bits per heavy atom. The summed E-state index contributed by atoms with van der Waals surface area (Å²) < 4.78 is 0. The zero-order valence-electron chi connectivity index (χ0n) is 12.1. The molecule has 2 heteroatoms. The molecule has 104 valence electrons. The summed E-state index contributed by atoms with van der Waals surface area (Å²) in [5.74, 6) is 0.739. The van der Waals surface area contributed by atoms with Crippen molar-refractivity contribution in [2.24, 2.45) is 5.73 Å². The van der Waals surface area contributed by atoms with Gasteiger partial charge in [0.2, 0.25) is 0 Å². The maximum absolute atomic E-state index is 6.32. The molecule has 1 unspecified atom stereocenters. The number of benzene rings is 1. The highest BCUT2D eigenvalue weighted by Gasteiger charge is 2.38. The van der Waals surface area contributed by atoms with Crippen LogP contribution < -0.4 is 5.73 Å². The molecule has 2 aliphatic rings. The van der Waals surface area contributed by atoms with Crippen LogP contribution >= 0.6 is 0 Å². The summed E-state index contributed by atoms with van der Waals surface area (Å²) >= 11 is 0. The number of nitrogens with zero attached hydrogens (tertiary/aromatic N) is 1. The van der Waals surface area contributed by atoms with Gasteiger partial charge in [0.05, 0.1) is 0 Å². The molecule has 2 fully saturated rings. The molecule has 0 amide bonds. The number of nitrogens with two attached hydrogens (primary N) is 1. The minimum Gasteiger partial charge on any atom is -0.325 e. The first-order valence-corrected chi connectivity index (χ1v) is 7.72. The van der Waals surface area contributed by atoms with Gasteiger partial charge in [-0.25, -0.2) is 0 Å². The van der Waals surface area contributed by atoms with Crippen molar-refractivity contribution in [3.05, 3.63) is 35.4 Å². The maximum atomic E-state index is 6.32. The second kappa shape index (κ2) is 5.26. The van der Waals surface area contributed by atoms with Gasteiger partial charge in [0, 0.05) is 5.54 Å². The van der Waals surface area contributed by atoms with Crippen LogP contribution in [0.1, 0.15) is 49.1 Å². The Kier molecular flexibility index (Phi) is 3.64. The van der Waals surface area contributed by atoms with Crippen LogP contribution in [0.4, 0.5) is 0 Å². The monoisotopic (exact) mass is 258 g/mol. The Balaban J connectivity index is 1.79. The van der Waals surface area contributed by atoms with Crippen molar-refractivity contribution in [1.82, 2.24) is 4.90 Å². The molecule has 1 aliphatic carbocycles. The Morgan fingerprint density at radius 3 is 2.79 bits per heavy atom. The lowest BCUT2D eigenvalue weighted by molar-refractivity contribution is 0.347. The molecule has 0 aromatic heterocycles. The predicted octanol–water partition coefficient (Wildman–Crippen LogP) is 2.92. The molecule has 1 saturated heterocycles. The van der Waals surface area contributed by atoms with Crippen molar-refractivity contribution in [1.29, 1.82) is 0 Å².